The molecule has 4 rings (SSSR count). The third kappa shape index (κ3) is 4.16. The van der Waals surface area contributed by atoms with Crippen molar-refractivity contribution in [2.75, 3.05) is 16.4 Å². The lowest BCUT2D eigenvalue weighted by molar-refractivity contribution is -0.137. The molecule has 0 spiro atoms. The number of halogens is 3. The molecule has 0 saturated carbocycles. The number of aromatic nitrogens is 4. The molecule has 0 fully saturated rings. The predicted molar refractivity (Wildman–Crippen MR) is 111 cm³/mol. The number of nitrogens with one attached hydrogen (secondary N) is 2. The number of alkyl halides is 3. The monoisotopic (exact) mass is 443 g/mol. The molecule has 164 valence electrons. The number of anilines is 3. The van der Waals surface area contributed by atoms with E-state index in [1.807, 2.05) is 0 Å². The van der Waals surface area contributed by atoms with Gasteiger partial charge in [-0.2, -0.15) is 18.3 Å². The second-order valence-corrected chi connectivity index (χ2v) is 6.71. The lowest BCUT2D eigenvalue weighted by Gasteiger charge is -2.10. The summed E-state index contributed by atoms with van der Waals surface area (Å²) >= 11 is 0. The van der Waals surface area contributed by atoms with Gasteiger partial charge in [0.1, 0.15) is 17.7 Å². The van der Waals surface area contributed by atoms with Crippen molar-refractivity contribution in [2.45, 2.75) is 12.8 Å². The number of rotatable bonds is 4. The molecular formula is C20H16F3N7O2. The molecule has 0 saturated heterocycles. The van der Waals surface area contributed by atoms with Crippen LogP contribution in [-0.2, 0) is 12.8 Å². The van der Waals surface area contributed by atoms with Gasteiger partial charge in [0, 0.05) is 29.2 Å². The summed E-state index contributed by atoms with van der Waals surface area (Å²) in [5, 5.41) is 18.6. The molecule has 2 amide bonds. The van der Waals surface area contributed by atoms with E-state index in [1.54, 1.807) is 30.5 Å². The summed E-state index contributed by atoms with van der Waals surface area (Å²) in [4.78, 5) is 19.9. The molecule has 0 bridgehead atoms. The van der Waals surface area contributed by atoms with Crippen molar-refractivity contribution in [3.8, 4) is 11.1 Å². The number of aliphatic hydroxyl groups is 1. The van der Waals surface area contributed by atoms with Gasteiger partial charge in [0.05, 0.1) is 12.2 Å². The third-order valence-corrected chi connectivity index (χ3v) is 4.61. The van der Waals surface area contributed by atoms with E-state index in [0.29, 0.717) is 27.9 Å². The van der Waals surface area contributed by atoms with E-state index < -0.39 is 17.8 Å². The van der Waals surface area contributed by atoms with E-state index in [2.05, 4.69) is 25.7 Å². The predicted octanol–water partition coefficient (Wildman–Crippen LogP) is 3.53. The number of benzene rings is 1. The summed E-state index contributed by atoms with van der Waals surface area (Å²) in [5.41, 5.74) is 7.91. The first-order valence-corrected chi connectivity index (χ1v) is 9.19. The van der Waals surface area contributed by atoms with Crippen LogP contribution in [0.3, 0.4) is 0 Å². The largest absolute Gasteiger partial charge is 0.416 e. The molecular weight excluding hydrogens is 427 g/mol. The molecule has 3 heterocycles. The standard InChI is InChI=1S/C20H16F3N7O2/c21-20(22,23)13-5-6-25-15(7-13)29-19(32)28-14-3-1-11(2-4-14)16-12(9-31)8-30-17(16)18(24)26-10-27-30/h1-8,10,31H,9H2,(H2,24,26,27)(H2,25,28,29,32). The number of carbonyl (C=O) groups is 1. The molecule has 1 aromatic carbocycles. The number of urea groups is 1. The van der Waals surface area contributed by atoms with Gasteiger partial charge in [0.25, 0.3) is 0 Å². The molecule has 0 aliphatic rings. The van der Waals surface area contributed by atoms with Gasteiger partial charge in [-0.3, -0.25) is 5.32 Å². The Kier molecular flexibility index (Phi) is 5.36. The Morgan fingerprint density at radius 3 is 2.56 bits per heavy atom. The van der Waals surface area contributed by atoms with Crippen LogP contribution in [0.15, 0.2) is 55.1 Å². The van der Waals surface area contributed by atoms with Crippen molar-refractivity contribution in [3.63, 3.8) is 0 Å². The number of hydrogen-bond acceptors (Lipinski definition) is 6. The van der Waals surface area contributed by atoms with Gasteiger partial charge >= 0.3 is 12.2 Å². The molecule has 9 nitrogen and oxygen atoms in total. The van der Waals surface area contributed by atoms with Crippen LogP contribution >= 0.6 is 0 Å². The summed E-state index contributed by atoms with van der Waals surface area (Å²) < 4.78 is 39.9. The molecule has 0 radical (unpaired) electrons. The quantitative estimate of drug-likeness (QED) is 0.382. The number of nitrogens with two attached hydrogens (primary N) is 1. The maximum atomic E-state index is 12.8. The number of carbonyl (C=O) groups excluding carboxylic acids is 1. The summed E-state index contributed by atoms with van der Waals surface area (Å²) in [7, 11) is 0. The van der Waals surface area contributed by atoms with Crippen LogP contribution in [0.1, 0.15) is 11.1 Å². The molecule has 0 aliphatic carbocycles. The number of pyridine rings is 1. The van der Waals surface area contributed by atoms with Crippen LogP contribution in [0.2, 0.25) is 0 Å². The molecule has 32 heavy (non-hydrogen) atoms. The van der Waals surface area contributed by atoms with Crippen molar-refractivity contribution in [2.24, 2.45) is 0 Å². The Balaban J connectivity index is 1.53. The van der Waals surface area contributed by atoms with Crippen molar-refractivity contribution in [3.05, 3.63) is 66.2 Å². The summed E-state index contributed by atoms with van der Waals surface area (Å²) in [6.45, 7) is -0.246. The number of hydrogen-bond donors (Lipinski definition) is 4. The molecule has 0 unspecified atom stereocenters. The van der Waals surface area contributed by atoms with Gasteiger partial charge in [-0.25, -0.2) is 19.3 Å². The minimum absolute atomic E-state index is 0.239. The Labute approximate surface area is 178 Å². The van der Waals surface area contributed by atoms with Gasteiger partial charge in [-0.15, -0.1) is 0 Å². The smallest absolute Gasteiger partial charge is 0.392 e. The van der Waals surface area contributed by atoms with E-state index in [9.17, 15) is 23.1 Å². The van der Waals surface area contributed by atoms with E-state index in [1.165, 1.54) is 10.8 Å². The van der Waals surface area contributed by atoms with Crippen LogP contribution in [0.25, 0.3) is 16.6 Å². The van der Waals surface area contributed by atoms with E-state index in [4.69, 9.17) is 5.73 Å². The van der Waals surface area contributed by atoms with Crippen LogP contribution in [0, 0.1) is 0 Å². The van der Waals surface area contributed by atoms with Crippen LogP contribution < -0.4 is 16.4 Å². The van der Waals surface area contributed by atoms with Crippen molar-refractivity contribution in [1.82, 2.24) is 19.6 Å². The SMILES string of the molecule is Nc1ncnn2cc(CO)c(-c3ccc(NC(=O)Nc4cc(C(F)(F)F)ccn4)cc3)c12. The van der Waals surface area contributed by atoms with Gasteiger partial charge in [0.2, 0.25) is 0 Å². The number of amides is 2. The Morgan fingerprint density at radius 1 is 1.12 bits per heavy atom. The first-order chi connectivity index (χ1) is 15.3. The second-order valence-electron chi connectivity index (χ2n) is 6.71. The zero-order valence-electron chi connectivity index (χ0n) is 16.3. The average Bonchev–Trinajstić information content (AvgIpc) is 3.14. The van der Waals surface area contributed by atoms with E-state index in [0.717, 1.165) is 18.3 Å². The van der Waals surface area contributed by atoms with Crippen LogP contribution in [0.5, 0.6) is 0 Å². The third-order valence-electron chi connectivity index (χ3n) is 4.61. The van der Waals surface area contributed by atoms with Gasteiger partial charge in [-0.1, -0.05) is 12.1 Å². The highest BCUT2D eigenvalue weighted by atomic mass is 19.4. The maximum Gasteiger partial charge on any atom is 0.416 e. The Bertz CT molecular complexity index is 1290. The molecule has 5 N–H and O–H groups in total. The number of nitrogens with zero attached hydrogens (tertiary/aromatic N) is 4. The van der Waals surface area contributed by atoms with Crippen molar-refractivity contribution < 1.29 is 23.1 Å². The van der Waals surface area contributed by atoms with Crippen molar-refractivity contribution in [1.29, 1.82) is 0 Å². The second kappa shape index (κ2) is 8.15. The van der Waals surface area contributed by atoms with E-state index in [-0.39, 0.29) is 18.2 Å². The average molecular weight is 443 g/mol. The Hall–Kier alpha value is -4.19. The lowest BCUT2D eigenvalue weighted by atomic mass is 10.0. The lowest BCUT2D eigenvalue weighted by Crippen LogP contribution is -2.20. The van der Waals surface area contributed by atoms with Crippen LogP contribution in [-0.4, -0.2) is 30.7 Å². The minimum Gasteiger partial charge on any atom is -0.392 e. The molecule has 4 aromatic rings. The van der Waals surface area contributed by atoms with Crippen molar-refractivity contribution >= 4 is 28.9 Å². The molecule has 12 heteroatoms. The van der Waals surface area contributed by atoms with Gasteiger partial charge in [-0.05, 0) is 29.8 Å². The summed E-state index contributed by atoms with van der Waals surface area (Å²) in [6.07, 6.45) is -0.636. The zero-order valence-corrected chi connectivity index (χ0v) is 16.3. The van der Waals surface area contributed by atoms with Crippen LogP contribution in [0.4, 0.5) is 35.3 Å². The first-order valence-electron chi connectivity index (χ1n) is 9.19. The number of aliphatic hydroxyl groups excluding tert-OH is 1. The maximum absolute atomic E-state index is 12.8. The number of fused-ring (bicyclic) bond motifs is 1. The summed E-state index contributed by atoms with van der Waals surface area (Å²) in [6, 6.07) is 7.37. The Morgan fingerprint density at radius 2 is 1.88 bits per heavy atom. The van der Waals surface area contributed by atoms with Gasteiger partial charge in [0.15, 0.2) is 5.82 Å². The highest BCUT2D eigenvalue weighted by Crippen LogP contribution is 2.33. The normalized spacial score (nSPS) is 11.5. The number of nitrogen functional groups attached to an aromatic ring is 1. The fourth-order valence-electron chi connectivity index (χ4n) is 3.20. The fourth-order valence-corrected chi connectivity index (χ4v) is 3.20. The highest BCUT2D eigenvalue weighted by Gasteiger charge is 2.30. The topological polar surface area (TPSA) is 130 Å². The van der Waals surface area contributed by atoms with E-state index >= 15 is 0 Å². The summed E-state index contributed by atoms with van der Waals surface area (Å²) in [5.74, 6) is 0.00200. The fraction of sp³-hybridized carbons (Fsp3) is 0.100. The minimum atomic E-state index is -4.54. The molecule has 0 atom stereocenters. The van der Waals surface area contributed by atoms with Gasteiger partial charge < -0.3 is 16.2 Å². The molecule has 3 aromatic heterocycles. The molecule has 0 aliphatic heterocycles. The highest BCUT2D eigenvalue weighted by molar-refractivity contribution is 5.99. The zero-order chi connectivity index (χ0) is 22.9. The first kappa shape index (κ1) is 21.1.